The molecule has 1 N–H and O–H groups in total. The van der Waals surface area contributed by atoms with Gasteiger partial charge in [-0.15, -0.1) is 0 Å². The molecule has 1 aliphatic heterocycles. The van der Waals surface area contributed by atoms with Crippen molar-refractivity contribution in [3.8, 4) is 5.75 Å². The molecule has 1 aliphatic rings. The van der Waals surface area contributed by atoms with Gasteiger partial charge in [-0.3, -0.25) is 9.52 Å². The average molecular weight is 425 g/mol. The number of benzene rings is 2. The van der Waals surface area contributed by atoms with Gasteiger partial charge >= 0.3 is 0 Å². The highest BCUT2D eigenvalue weighted by Gasteiger charge is 2.50. The van der Waals surface area contributed by atoms with Gasteiger partial charge in [0, 0.05) is 5.69 Å². The largest absolute Gasteiger partial charge is 0.495 e. The SMILES string of the molecule is COc1ccc(N2C(=O)C(C)(C)CS2(=O)=O)cc1S(=O)(=O)Nc1ccccc1. The summed E-state index contributed by atoms with van der Waals surface area (Å²) < 4.78 is 59.0. The average Bonchev–Trinajstić information content (AvgIpc) is 2.77. The third-order valence-electron chi connectivity index (χ3n) is 4.28. The zero-order valence-corrected chi connectivity index (χ0v) is 17.2. The molecule has 0 bridgehead atoms. The van der Waals surface area contributed by atoms with Crippen LogP contribution in [-0.2, 0) is 24.8 Å². The molecular weight excluding hydrogens is 404 g/mol. The third-order valence-corrected chi connectivity index (χ3v) is 7.70. The quantitative estimate of drug-likeness (QED) is 0.788. The van der Waals surface area contributed by atoms with Crippen LogP contribution < -0.4 is 13.8 Å². The maximum Gasteiger partial charge on any atom is 0.265 e. The predicted molar refractivity (Wildman–Crippen MR) is 105 cm³/mol. The number of para-hydroxylation sites is 1. The van der Waals surface area contributed by atoms with E-state index < -0.39 is 31.4 Å². The molecule has 0 atom stereocenters. The lowest BCUT2D eigenvalue weighted by molar-refractivity contribution is -0.123. The summed E-state index contributed by atoms with van der Waals surface area (Å²) >= 11 is 0. The summed E-state index contributed by atoms with van der Waals surface area (Å²) in [7, 11) is -6.71. The highest BCUT2D eigenvalue weighted by molar-refractivity contribution is 7.94. The monoisotopic (exact) mass is 424 g/mol. The molecule has 0 radical (unpaired) electrons. The van der Waals surface area contributed by atoms with Crippen molar-refractivity contribution in [3.05, 3.63) is 48.5 Å². The molecule has 2 aromatic carbocycles. The molecular formula is C18H20N2O6S2. The molecule has 1 saturated heterocycles. The van der Waals surface area contributed by atoms with Gasteiger partial charge in [0.05, 0.1) is 24.0 Å². The molecule has 0 aliphatic carbocycles. The third kappa shape index (κ3) is 3.57. The first-order valence-corrected chi connectivity index (χ1v) is 11.4. The molecule has 0 aromatic heterocycles. The number of nitrogens with one attached hydrogen (secondary N) is 1. The molecule has 1 amide bonds. The summed E-state index contributed by atoms with van der Waals surface area (Å²) in [6, 6.07) is 12.0. The van der Waals surface area contributed by atoms with Crippen molar-refractivity contribution in [2.24, 2.45) is 5.41 Å². The number of carbonyl (C=O) groups is 1. The fourth-order valence-corrected chi connectivity index (χ4v) is 6.33. The van der Waals surface area contributed by atoms with Gasteiger partial charge in [-0.05, 0) is 44.2 Å². The Morgan fingerprint density at radius 2 is 1.75 bits per heavy atom. The van der Waals surface area contributed by atoms with Gasteiger partial charge in [0.2, 0.25) is 15.9 Å². The Bertz CT molecular complexity index is 1130. The smallest absolute Gasteiger partial charge is 0.265 e. The molecule has 10 heteroatoms. The minimum Gasteiger partial charge on any atom is -0.495 e. The van der Waals surface area contributed by atoms with Gasteiger partial charge in [-0.25, -0.2) is 21.1 Å². The number of rotatable bonds is 5. The normalized spacial score (nSPS) is 18.1. The Hall–Kier alpha value is -2.59. The molecule has 0 spiro atoms. The second-order valence-electron chi connectivity index (χ2n) is 7.02. The summed E-state index contributed by atoms with van der Waals surface area (Å²) in [5.74, 6) is -0.942. The fraction of sp³-hybridized carbons (Fsp3) is 0.278. The number of methoxy groups -OCH3 is 1. The lowest BCUT2D eigenvalue weighted by Crippen LogP contribution is -2.33. The molecule has 1 heterocycles. The first-order chi connectivity index (χ1) is 13.0. The van der Waals surface area contributed by atoms with E-state index in [0.717, 1.165) is 6.07 Å². The molecule has 150 valence electrons. The lowest BCUT2D eigenvalue weighted by Gasteiger charge is -2.19. The van der Waals surface area contributed by atoms with E-state index in [2.05, 4.69) is 4.72 Å². The number of sulfonamides is 2. The maximum absolute atomic E-state index is 12.9. The highest BCUT2D eigenvalue weighted by Crippen LogP contribution is 2.38. The van der Waals surface area contributed by atoms with Crippen molar-refractivity contribution < 1.29 is 26.4 Å². The highest BCUT2D eigenvalue weighted by atomic mass is 32.2. The Kier molecular flexibility index (Phi) is 4.88. The molecule has 28 heavy (non-hydrogen) atoms. The zero-order chi connectivity index (χ0) is 20.7. The van der Waals surface area contributed by atoms with Gasteiger partial charge in [-0.1, -0.05) is 18.2 Å². The van der Waals surface area contributed by atoms with E-state index in [0.29, 0.717) is 9.99 Å². The predicted octanol–water partition coefficient (Wildman–Crippen LogP) is 2.20. The number of ether oxygens (including phenoxy) is 1. The van der Waals surface area contributed by atoms with Crippen molar-refractivity contribution >= 4 is 37.3 Å². The molecule has 0 unspecified atom stereocenters. The molecule has 0 saturated carbocycles. The molecule has 2 aromatic rings. The van der Waals surface area contributed by atoms with Crippen LogP contribution in [0.1, 0.15) is 13.8 Å². The number of hydrogen-bond donors (Lipinski definition) is 1. The summed E-state index contributed by atoms with van der Waals surface area (Å²) in [6.07, 6.45) is 0. The van der Waals surface area contributed by atoms with E-state index in [1.165, 1.54) is 33.1 Å². The Balaban J connectivity index is 2.10. The van der Waals surface area contributed by atoms with Crippen molar-refractivity contribution in [1.82, 2.24) is 0 Å². The van der Waals surface area contributed by atoms with Crippen LogP contribution in [0.4, 0.5) is 11.4 Å². The van der Waals surface area contributed by atoms with Crippen LogP contribution in [0.5, 0.6) is 5.75 Å². The van der Waals surface area contributed by atoms with Crippen LogP contribution in [0.25, 0.3) is 0 Å². The van der Waals surface area contributed by atoms with Gasteiger partial charge < -0.3 is 4.74 Å². The Morgan fingerprint density at radius 3 is 2.29 bits per heavy atom. The Morgan fingerprint density at radius 1 is 1.11 bits per heavy atom. The minimum absolute atomic E-state index is 0.0236. The minimum atomic E-state index is -4.10. The van der Waals surface area contributed by atoms with Crippen molar-refractivity contribution in [2.75, 3.05) is 21.9 Å². The number of amides is 1. The summed E-state index contributed by atoms with van der Waals surface area (Å²) in [6.45, 7) is 3.07. The van der Waals surface area contributed by atoms with Crippen molar-refractivity contribution in [3.63, 3.8) is 0 Å². The number of nitrogens with zero attached hydrogens (tertiary/aromatic N) is 1. The van der Waals surface area contributed by atoms with E-state index >= 15 is 0 Å². The van der Waals surface area contributed by atoms with Gasteiger partial charge in [0.15, 0.2) is 0 Å². The first kappa shape index (κ1) is 20.2. The summed E-state index contributed by atoms with van der Waals surface area (Å²) in [5.41, 5.74) is -0.814. The second kappa shape index (κ2) is 6.78. The number of carbonyl (C=O) groups excluding carboxylic acids is 1. The van der Waals surface area contributed by atoms with E-state index in [4.69, 9.17) is 4.74 Å². The van der Waals surface area contributed by atoms with Crippen LogP contribution in [0.15, 0.2) is 53.4 Å². The van der Waals surface area contributed by atoms with E-state index in [1.807, 2.05) is 0 Å². The van der Waals surface area contributed by atoms with Gasteiger partial charge in [0.25, 0.3) is 10.0 Å². The maximum atomic E-state index is 12.9. The van der Waals surface area contributed by atoms with Crippen LogP contribution in [-0.4, -0.2) is 35.6 Å². The standard InChI is InChI=1S/C18H20N2O6S2/c1-18(2)12-27(22,23)20(17(18)21)14-9-10-15(26-3)16(11-14)28(24,25)19-13-7-5-4-6-8-13/h4-11,19H,12H2,1-3H3. The lowest BCUT2D eigenvalue weighted by atomic mass is 9.95. The van der Waals surface area contributed by atoms with Crippen molar-refractivity contribution in [2.45, 2.75) is 18.7 Å². The van der Waals surface area contributed by atoms with Crippen molar-refractivity contribution in [1.29, 1.82) is 0 Å². The first-order valence-electron chi connectivity index (χ1n) is 8.31. The molecule has 1 fully saturated rings. The van der Waals surface area contributed by atoms with E-state index in [-0.39, 0.29) is 22.1 Å². The molecule has 8 nitrogen and oxygen atoms in total. The van der Waals surface area contributed by atoms with E-state index in [1.54, 1.807) is 30.3 Å². The Labute approximate surface area is 164 Å². The zero-order valence-electron chi connectivity index (χ0n) is 15.5. The summed E-state index contributed by atoms with van der Waals surface area (Å²) in [5, 5.41) is 0. The fourth-order valence-electron chi connectivity index (χ4n) is 2.98. The summed E-state index contributed by atoms with van der Waals surface area (Å²) in [4.78, 5) is 12.3. The van der Waals surface area contributed by atoms with Crippen LogP contribution in [0.3, 0.4) is 0 Å². The van der Waals surface area contributed by atoms with Gasteiger partial charge in [-0.2, -0.15) is 0 Å². The van der Waals surface area contributed by atoms with Crippen LogP contribution in [0, 0.1) is 5.41 Å². The molecule has 3 rings (SSSR count). The van der Waals surface area contributed by atoms with Crippen LogP contribution >= 0.6 is 0 Å². The van der Waals surface area contributed by atoms with Crippen LogP contribution in [0.2, 0.25) is 0 Å². The number of anilines is 2. The number of hydrogen-bond acceptors (Lipinski definition) is 6. The van der Waals surface area contributed by atoms with Gasteiger partial charge in [0.1, 0.15) is 10.6 Å². The van der Waals surface area contributed by atoms with E-state index in [9.17, 15) is 21.6 Å². The topological polar surface area (TPSA) is 110 Å². The second-order valence-corrected chi connectivity index (χ2v) is 10.5.